The van der Waals surface area contributed by atoms with Crippen molar-refractivity contribution in [3.63, 3.8) is 0 Å². The summed E-state index contributed by atoms with van der Waals surface area (Å²) in [6.45, 7) is 2.09. The second-order valence-electron chi connectivity index (χ2n) is 6.77. The van der Waals surface area contributed by atoms with Crippen molar-refractivity contribution >= 4 is 23.0 Å². The Labute approximate surface area is 143 Å². The molecule has 25 heavy (non-hydrogen) atoms. The van der Waals surface area contributed by atoms with Crippen molar-refractivity contribution < 1.29 is 24.3 Å². The Balaban J connectivity index is 1.78. The number of amides is 1. The molecule has 2 N–H and O–H groups in total. The van der Waals surface area contributed by atoms with Crippen molar-refractivity contribution in [1.29, 1.82) is 0 Å². The van der Waals surface area contributed by atoms with Crippen LogP contribution in [0.3, 0.4) is 0 Å². The monoisotopic (exact) mass is 345 g/mol. The number of carboxylic acids is 1. The lowest BCUT2D eigenvalue weighted by atomic mass is 9.93. The molecule has 0 spiro atoms. The number of aliphatic hydroxyl groups excluding tert-OH is 1. The molecule has 1 aliphatic heterocycles. The van der Waals surface area contributed by atoms with E-state index < -0.39 is 18.0 Å². The Kier molecular flexibility index (Phi) is 3.72. The molecule has 0 radical (unpaired) electrons. The lowest BCUT2D eigenvalue weighted by Crippen LogP contribution is -2.49. The molecule has 2 aromatic heterocycles. The summed E-state index contributed by atoms with van der Waals surface area (Å²) in [5.74, 6) is -2.28. The van der Waals surface area contributed by atoms with Gasteiger partial charge < -0.3 is 19.6 Å². The zero-order valence-electron chi connectivity index (χ0n) is 13.9. The molecule has 3 heterocycles. The number of aliphatic carboxylic acids is 1. The first kappa shape index (κ1) is 16.0. The molecule has 4 rings (SSSR count). The average Bonchev–Trinajstić information content (AvgIpc) is 3.19. The van der Waals surface area contributed by atoms with Gasteiger partial charge in [0.05, 0.1) is 22.7 Å². The van der Waals surface area contributed by atoms with Gasteiger partial charge in [0.1, 0.15) is 5.92 Å². The molecule has 2 aromatic rings. The zero-order valence-corrected chi connectivity index (χ0v) is 13.9. The summed E-state index contributed by atoms with van der Waals surface area (Å²) in [5.41, 5.74) is 3.28. The fraction of sp³-hybridized carbons (Fsp3) is 0.529. The SMILES string of the molecule is Cc1noc2nc3c(c(C(=O)N4CC[C@H](O)[C@H](C(=O)O)C4)c12)CCC3. The van der Waals surface area contributed by atoms with Gasteiger partial charge in [0, 0.05) is 18.8 Å². The first-order chi connectivity index (χ1) is 12.0. The second kappa shape index (κ2) is 5.80. The lowest BCUT2D eigenvalue weighted by Gasteiger charge is -2.34. The number of carbonyl (C=O) groups is 2. The van der Waals surface area contributed by atoms with Gasteiger partial charge >= 0.3 is 5.97 Å². The van der Waals surface area contributed by atoms with Crippen LogP contribution < -0.4 is 0 Å². The summed E-state index contributed by atoms with van der Waals surface area (Å²) < 4.78 is 5.26. The fourth-order valence-corrected chi connectivity index (χ4v) is 3.88. The molecule has 2 aliphatic rings. The Bertz CT molecular complexity index is 875. The van der Waals surface area contributed by atoms with Crippen LogP contribution in [0.15, 0.2) is 4.52 Å². The summed E-state index contributed by atoms with van der Waals surface area (Å²) in [6.07, 6.45) is 1.81. The van der Waals surface area contributed by atoms with Crippen molar-refractivity contribution in [2.24, 2.45) is 5.92 Å². The fourth-order valence-electron chi connectivity index (χ4n) is 3.88. The van der Waals surface area contributed by atoms with Crippen molar-refractivity contribution in [2.45, 2.75) is 38.7 Å². The van der Waals surface area contributed by atoms with E-state index in [2.05, 4.69) is 10.1 Å². The summed E-state index contributed by atoms with van der Waals surface area (Å²) in [4.78, 5) is 30.6. The topological polar surface area (TPSA) is 117 Å². The number of aryl methyl sites for hydroxylation is 2. The van der Waals surface area contributed by atoms with Gasteiger partial charge in [-0.3, -0.25) is 9.59 Å². The van der Waals surface area contributed by atoms with Crippen LogP contribution in [0.2, 0.25) is 0 Å². The number of aliphatic hydroxyl groups is 1. The number of fused-ring (bicyclic) bond motifs is 2. The minimum absolute atomic E-state index is 0.00174. The zero-order chi connectivity index (χ0) is 17.7. The van der Waals surface area contributed by atoms with Crippen LogP contribution in [0.4, 0.5) is 0 Å². The van der Waals surface area contributed by atoms with E-state index >= 15 is 0 Å². The third-order valence-electron chi connectivity index (χ3n) is 5.22. The van der Waals surface area contributed by atoms with E-state index in [1.165, 1.54) is 4.90 Å². The molecular formula is C17H19N3O5. The first-order valence-electron chi connectivity index (χ1n) is 8.45. The molecule has 1 amide bonds. The molecular weight excluding hydrogens is 326 g/mol. The number of likely N-dealkylation sites (tertiary alicyclic amines) is 1. The predicted octanol–water partition coefficient (Wildman–Crippen LogP) is 0.928. The Morgan fingerprint density at radius 1 is 1.32 bits per heavy atom. The van der Waals surface area contributed by atoms with Crippen molar-refractivity contribution in [2.75, 3.05) is 13.1 Å². The minimum Gasteiger partial charge on any atom is -0.481 e. The summed E-state index contributed by atoms with van der Waals surface area (Å²) in [5, 5.41) is 23.7. The van der Waals surface area contributed by atoms with Crippen LogP contribution in [0.25, 0.3) is 11.1 Å². The molecule has 8 heteroatoms. The van der Waals surface area contributed by atoms with Gasteiger partial charge in [-0.1, -0.05) is 5.16 Å². The number of carboxylic acid groups (broad SMARTS) is 1. The number of rotatable bonds is 2. The predicted molar refractivity (Wildman–Crippen MR) is 86.2 cm³/mol. The van der Waals surface area contributed by atoms with Crippen molar-refractivity contribution in [3.8, 4) is 0 Å². The molecule has 0 bridgehead atoms. The number of hydrogen-bond acceptors (Lipinski definition) is 6. The molecule has 0 aromatic carbocycles. The van der Waals surface area contributed by atoms with Crippen LogP contribution in [-0.4, -0.2) is 56.3 Å². The largest absolute Gasteiger partial charge is 0.481 e. The highest BCUT2D eigenvalue weighted by Gasteiger charge is 2.37. The number of piperidine rings is 1. The Morgan fingerprint density at radius 3 is 2.88 bits per heavy atom. The maximum absolute atomic E-state index is 13.3. The standard InChI is InChI=1S/C17H19N3O5/c1-8-13-14(9-3-2-4-11(9)18-15(13)25-19-8)16(22)20-6-5-12(21)10(7-20)17(23)24/h10,12,21H,2-7H2,1H3,(H,23,24)/t10-,12+/m1/s1. The van der Waals surface area contributed by atoms with Gasteiger partial charge in [-0.05, 0) is 38.2 Å². The molecule has 0 saturated carbocycles. The van der Waals surface area contributed by atoms with Gasteiger partial charge in [-0.2, -0.15) is 0 Å². The average molecular weight is 345 g/mol. The van der Waals surface area contributed by atoms with Crippen LogP contribution in [-0.2, 0) is 17.6 Å². The summed E-state index contributed by atoms with van der Waals surface area (Å²) in [7, 11) is 0. The van der Waals surface area contributed by atoms with Crippen LogP contribution >= 0.6 is 0 Å². The van der Waals surface area contributed by atoms with Crippen LogP contribution in [0.1, 0.15) is 40.2 Å². The maximum atomic E-state index is 13.3. The highest BCUT2D eigenvalue weighted by molar-refractivity contribution is 6.07. The Morgan fingerprint density at radius 2 is 2.12 bits per heavy atom. The molecule has 0 unspecified atom stereocenters. The molecule has 1 saturated heterocycles. The van der Waals surface area contributed by atoms with E-state index in [1.54, 1.807) is 6.92 Å². The maximum Gasteiger partial charge on any atom is 0.310 e. The van der Waals surface area contributed by atoms with Gasteiger partial charge in [0.2, 0.25) is 0 Å². The van der Waals surface area contributed by atoms with E-state index in [0.717, 1.165) is 30.5 Å². The van der Waals surface area contributed by atoms with Gasteiger partial charge in [0.15, 0.2) is 0 Å². The molecule has 2 atom stereocenters. The smallest absolute Gasteiger partial charge is 0.310 e. The van der Waals surface area contributed by atoms with Gasteiger partial charge in [-0.25, -0.2) is 4.98 Å². The number of aromatic nitrogens is 2. The van der Waals surface area contributed by atoms with E-state index in [1.807, 2.05) is 0 Å². The van der Waals surface area contributed by atoms with E-state index in [9.17, 15) is 19.8 Å². The highest BCUT2D eigenvalue weighted by atomic mass is 16.5. The van der Waals surface area contributed by atoms with E-state index in [-0.39, 0.29) is 18.9 Å². The summed E-state index contributed by atoms with van der Waals surface area (Å²) >= 11 is 0. The number of nitrogens with zero attached hydrogens (tertiary/aromatic N) is 3. The molecule has 8 nitrogen and oxygen atoms in total. The van der Waals surface area contributed by atoms with E-state index in [4.69, 9.17) is 4.52 Å². The van der Waals surface area contributed by atoms with Gasteiger partial charge in [-0.15, -0.1) is 0 Å². The van der Waals surface area contributed by atoms with Gasteiger partial charge in [0.25, 0.3) is 11.6 Å². The van der Waals surface area contributed by atoms with Crippen molar-refractivity contribution in [3.05, 3.63) is 22.5 Å². The Hall–Kier alpha value is -2.48. The molecule has 1 aliphatic carbocycles. The van der Waals surface area contributed by atoms with Crippen LogP contribution in [0, 0.1) is 12.8 Å². The molecule has 132 valence electrons. The quantitative estimate of drug-likeness (QED) is 0.831. The van der Waals surface area contributed by atoms with Crippen LogP contribution in [0.5, 0.6) is 0 Å². The number of hydrogen-bond donors (Lipinski definition) is 2. The third-order valence-corrected chi connectivity index (χ3v) is 5.22. The summed E-state index contributed by atoms with van der Waals surface area (Å²) in [6, 6.07) is 0. The molecule has 1 fully saturated rings. The number of carbonyl (C=O) groups excluding carboxylic acids is 1. The lowest BCUT2D eigenvalue weighted by molar-refractivity contribution is -0.148. The highest BCUT2D eigenvalue weighted by Crippen LogP contribution is 2.33. The number of pyridine rings is 1. The normalized spacial score (nSPS) is 23.0. The second-order valence-corrected chi connectivity index (χ2v) is 6.77. The van der Waals surface area contributed by atoms with Crippen molar-refractivity contribution in [1.82, 2.24) is 15.0 Å². The first-order valence-corrected chi connectivity index (χ1v) is 8.45. The third kappa shape index (κ3) is 2.48. The van der Waals surface area contributed by atoms with E-state index in [0.29, 0.717) is 28.9 Å². The minimum atomic E-state index is -1.09.